The zero-order chi connectivity index (χ0) is 29.3. The van der Waals surface area contributed by atoms with Crippen molar-refractivity contribution in [3.63, 3.8) is 0 Å². The molecule has 0 aromatic carbocycles. The summed E-state index contributed by atoms with van der Waals surface area (Å²) in [6.45, 7) is 2.11. The van der Waals surface area contributed by atoms with E-state index >= 15 is 0 Å². The SMILES string of the molecule is CCCCCCCCCCCCCCCCCCCCCCCC(=O)O[C@H](C1OCCO1)[C@@H](O)[C@H](O)[C@H](O)CO. The van der Waals surface area contributed by atoms with Crippen LogP contribution in [0, 0.1) is 0 Å². The molecule has 0 aromatic heterocycles. The van der Waals surface area contributed by atoms with Crippen molar-refractivity contribution in [2.24, 2.45) is 0 Å². The van der Waals surface area contributed by atoms with Crippen molar-refractivity contribution in [3.8, 4) is 0 Å². The van der Waals surface area contributed by atoms with Gasteiger partial charge in [-0.25, -0.2) is 0 Å². The lowest BCUT2D eigenvalue weighted by Gasteiger charge is -2.31. The first-order valence-corrected chi connectivity index (χ1v) is 16.6. The Morgan fingerprint density at radius 1 is 0.650 bits per heavy atom. The first-order valence-electron chi connectivity index (χ1n) is 16.6. The van der Waals surface area contributed by atoms with Crippen LogP contribution in [0.25, 0.3) is 0 Å². The number of aliphatic hydroxyl groups excluding tert-OH is 4. The number of hydrogen-bond donors (Lipinski definition) is 4. The van der Waals surface area contributed by atoms with Crippen molar-refractivity contribution in [3.05, 3.63) is 0 Å². The second-order valence-electron chi connectivity index (χ2n) is 11.6. The Morgan fingerprint density at radius 2 is 1.02 bits per heavy atom. The van der Waals surface area contributed by atoms with E-state index in [1.165, 1.54) is 116 Å². The van der Waals surface area contributed by atoms with Crippen LogP contribution in [0.3, 0.4) is 0 Å². The van der Waals surface area contributed by atoms with E-state index in [4.69, 9.17) is 19.3 Å². The normalized spacial score (nSPS) is 17.1. The number of carbonyl (C=O) groups excluding carboxylic acids is 1. The van der Waals surface area contributed by atoms with Crippen molar-refractivity contribution in [1.82, 2.24) is 0 Å². The molecule has 1 fully saturated rings. The molecule has 0 saturated carbocycles. The Kier molecular flexibility index (Phi) is 24.1. The number of rotatable bonds is 28. The molecule has 4 N–H and O–H groups in total. The van der Waals surface area contributed by atoms with Crippen molar-refractivity contribution in [1.29, 1.82) is 0 Å². The summed E-state index contributed by atoms with van der Waals surface area (Å²) in [6.07, 6.45) is 20.3. The van der Waals surface area contributed by atoms with Crippen molar-refractivity contribution < 1.29 is 39.4 Å². The van der Waals surface area contributed by atoms with Gasteiger partial charge in [0, 0.05) is 6.42 Å². The second kappa shape index (κ2) is 25.9. The van der Waals surface area contributed by atoms with Crippen molar-refractivity contribution in [2.45, 2.75) is 179 Å². The molecule has 0 spiro atoms. The Hall–Kier alpha value is -0.770. The summed E-state index contributed by atoms with van der Waals surface area (Å²) >= 11 is 0. The summed E-state index contributed by atoms with van der Waals surface area (Å²) < 4.78 is 16.0. The molecule has 0 bridgehead atoms. The summed E-state index contributed by atoms with van der Waals surface area (Å²) in [5, 5.41) is 39.1. The van der Waals surface area contributed by atoms with Gasteiger partial charge in [-0.2, -0.15) is 0 Å². The lowest BCUT2D eigenvalue weighted by molar-refractivity contribution is -0.210. The molecule has 8 heteroatoms. The minimum atomic E-state index is -1.69. The minimum Gasteiger partial charge on any atom is -0.454 e. The zero-order valence-corrected chi connectivity index (χ0v) is 25.5. The monoisotopic (exact) mass is 574 g/mol. The number of carbonyl (C=O) groups is 1. The van der Waals surface area contributed by atoms with Gasteiger partial charge in [0.25, 0.3) is 0 Å². The van der Waals surface area contributed by atoms with Gasteiger partial charge in [-0.15, -0.1) is 0 Å². The topological polar surface area (TPSA) is 126 Å². The maximum Gasteiger partial charge on any atom is 0.306 e. The average Bonchev–Trinajstić information content (AvgIpc) is 3.50. The van der Waals surface area contributed by atoms with E-state index in [1.807, 2.05) is 0 Å². The third-order valence-electron chi connectivity index (χ3n) is 7.94. The fourth-order valence-corrected chi connectivity index (χ4v) is 5.29. The van der Waals surface area contributed by atoms with E-state index in [9.17, 15) is 20.1 Å². The zero-order valence-electron chi connectivity index (χ0n) is 25.5. The van der Waals surface area contributed by atoms with Gasteiger partial charge in [0.1, 0.15) is 18.3 Å². The summed E-state index contributed by atoms with van der Waals surface area (Å²) in [7, 11) is 0. The van der Waals surface area contributed by atoms with Gasteiger partial charge in [0.15, 0.2) is 12.4 Å². The van der Waals surface area contributed by atoms with Crippen LogP contribution in [-0.2, 0) is 19.0 Å². The maximum atomic E-state index is 12.3. The fraction of sp³-hybridized carbons (Fsp3) is 0.969. The maximum absolute atomic E-state index is 12.3. The molecular weight excluding hydrogens is 512 g/mol. The van der Waals surface area contributed by atoms with Crippen LogP contribution in [-0.4, -0.2) is 76.9 Å². The van der Waals surface area contributed by atoms with Crippen LogP contribution >= 0.6 is 0 Å². The van der Waals surface area contributed by atoms with Gasteiger partial charge >= 0.3 is 5.97 Å². The second-order valence-corrected chi connectivity index (χ2v) is 11.6. The predicted molar refractivity (Wildman–Crippen MR) is 158 cm³/mol. The highest BCUT2D eigenvalue weighted by Gasteiger charge is 2.41. The van der Waals surface area contributed by atoms with E-state index in [-0.39, 0.29) is 19.6 Å². The number of ether oxygens (including phenoxy) is 3. The third kappa shape index (κ3) is 18.6. The molecule has 40 heavy (non-hydrogen) atoms. The molecule has 1 saturated heterocycles. The number of aliphatic hydroxyl groups is 4. The van der Waals surface area contributed by atoms with Gasteiger partial charge in [-0.05, 0) is 6.42 Å². The molecule has 0 amide bonds. The molecule has 0 unspecified atom stereocenters. The molecule has 8 nitrogen and oxygen atoms in total. The van der Waals surface area contributed by atoms with Gasteiger partial charge in [-0.3, -0.25) is 4.79 Å². The number of esters is 1. The molecule has 0 radical (unpaired) electrons. The highest BCUT2D eigenvalue weighted by molar-refractivity contribution is 5.69. The van der Waals surface area contributed by atoms with Crippen LogP contribution < -0.4 is 0 Å². The lowest BCUT2D eigenvalue weighted by atomic mass is 10.0. The number of unbranched alkanes of at least 4 members (excludes halogenated alkanes) is 20. The quantitative estimate of drug-likeness (QED) is 0.0667. The smallest absolute Gasteiger partial charge is 0.306 e. The van der Waals surface area contributed by atoms with E-state index in [1.54, 1.807) is 0 Å². The first kappa shape index (κ1) is 37.3. The molecule has 1 aliphatic rings. The largest absolute Gasteiger partial charge is 0.454 e. The lowest BCUT2D eigenvalue weighted by Crippen LogP contribution is -2.52. The van der Waals surface area contributed by atoms with Gasteiger partial charge in [0.2, 0.25) is 0 Å². The van der Waals surface area contributed by atoms with E-state index in [0.717, 1.165) is 12.8 Å². The van der Waals surface area contributed by atoms with Crippen molar-refractivity contribution >= 4 is 5.97 Å². The molecule has 1 aliphatic heterocycles. The molecular formula is C32H62O8. The average molecular weight is 575 g/mol. The van der Waals surface area contributed by atoms with Crippen LogP contribution in [0.5, 0.6) is 0 Å². The van der Waals surface area contributed by atoms with Gasteiger partial charge in [0.05, 0.1) is 19.8 Å². The minimum absolute atomic E-state index is 0.202. The van der Waals surface area contributed by atoms with E-state index in [2.05, 4.69) is 6.92 Å². The Labute approximate surface area is 244 Å². The first-order chi connectivity index (χ1) is 19.5. The molecule has 238 valence electrons. The molecule has 4 atom stereocenters. The molecule has 1 rings (SSSR count). The highest BCUT2D eigenvalue weighted by Crippen LogP contribution is 2.20. The Morgan fingerprint density at radius 3 is 1.40 bits per heavy atom. The highest BCUT2D eigenvalue weighted by atomic mass is 16.7. The standard InChI is InChI=1S/C32H62O8/c1-2-3-4-5-6-7-8-9-10-11-12-13-14-15-16-17-18-19-20-21-22-23-28(35)40-31(32-38-24-25-39-32)30(37)29(36)27(34)26-33/h27,29-34,36-37H,2-26H2,1H3/t27-,29-,30+,31+/m1/s1. The Bertz CT molecular complexity index is 569. The van der Waals surface area contributed by atoms with Crippen LogP contribution in [0.15, 0.2) is 0 Å². The predicted octanol–water partition coefficient (Wildman–Crippen LogP) is 5.95. The summed E-state index contributed by atoms with van der Waals surface area (Å²) in [6, 6.07) is 0. The fourth-order valence-electron chi connectivity index (χ4n) is 5.29. The number of hydrogen-bond acceptors (Lipinski definition) is 8. The summed E-state index contributed by atoms with van der Waals surface area (Å²) in [5.74, 6) is -0.508. The van der Waals surface area contributed by atoms with Crippen LogP contribution in [0.1, 0.15) is 148 Å². The van der Waals surface area contributed by atoms with Crippen molar-refractivity contribution in [2.75, 3.05) is 19.8 Å². The van der Waals surface area contributed by atoms with Crippen LogP contribution in [0.4, 0.5) is 0 Å². The molecule has 1 heterocycles. The third-order valence-corrected chi connectivity index (χ3v) is 7.94. The summed E-state index contributed by atoms with van der Waals surface area (Å²) in [5.41, 5.74) is 0. The van der Waals surface area contributed by atoms with Gasteiger partial charge in [-0.1, -0.05) is 135 Å². The summed E-state index contributed by atoms with van der Waals surface area (Å²) in [4.78, 5) is 12.3. The van der Waals surface area contributed by atoms with Crippen LogP contribution in [0.2, 0.25) is 0 Å². The molecule has 0 aromatic rings. The van der Waals surface area contributed by atoms with E-state index < -0.39 is 43.3 Å². The van der Waals surface area contributed by atoms with Gasteiger partial charge < -0.3 is 34.6 Å². The van der Waals surface area contributed by atoms with E-state index in [0.29, 0.717) is 6.42 Å². The molecule has 0 aliphatic carbocycles. The Balaban J connectivity index is 1.94.